The standard InChI is InChI=1S/C23H30N4O3S/c1-24-23(26-16-13-18-9-11-20(12-10-18)31(2,29)30)25-15-5-8-22(28)27-17-14-19-6-3-4-7-21(19)27/h3-4,6-7,9-12H,5,8,13-17H2,1-2H3,(H2,24,25,26). The molecule has 0 saturated carbocycles. The van der Waals surface area contributed by atoms with E-state index in [4.69, 9.17) is 0 Å². The number of hydrogen-bond acceptors (Lipinski definition) is 4. The highest BCUT2D eigenvalue weighted by molar-refractivity contribution is 7.90. The maximum absolute atomic E-state index is 12.6. The van der Waals surface area contributed by atoms with Crippen molar-refractivity contribution >= 4 is 27.4 Å². The van der Waals surface area contributed by atoms with Gasteiger partial charge in [-0.3, -0.25) is 9.79 Å². The second-order valence-corrected chi connectivity index (χ2v) is 9.64. The highest BCUT2D eigenvalue weighted by atomic mass is 32.2. The number of hydrogen-bond donors (Lipinski definition) is 2. The minimum absolute atomic E-state index is 0.159. The van der Waals surface area contributed by atoms with Gasteiger partial charge in [-0.1, -0.05) is 30.3 Å². The number of fused-ring (bicyclic) bond motifs is 1. The van der Waals surface area contributed by atoms with Gasteiger partial charge in [0.25, 0.3) is 0 Å². The predicted octanol–water partition coefficient (Wildman–Crippen LogP) is 2.17. The van der Waals surface area contributed by atoms with Crippen molar-refractivity contribution in [2.45, 2.75) is 30.6 Å². The van der Waals surface area contributed by atoms with Gasteiger partial charge >= 0.3 is 0 Å². The van der Waals surface area contributed by atoms with E-state index in [0.29, 0.717) is 30.4 Å². The number of rotatable bonds is 8. The Morgan fingerprint density at radius 1 is 1.06 bits per heavy atom. The number of amides is 1. The third-order valence-electron chi connectivity index (χ3n) is 5.33. The molecule has 1 aliphatic heterocycles. The van der Waals surface area contributed by atoms with E-state index in [9.17, 15) is 13.2 Å². The Hall–Kier alpha value is -2.87. The topological polar surface area (TPSA) is 90.9 Å². The van der Waals surface area contributed by atoms with Crippen molar-refractivity contribution in [3.8, 4) is 0 Å². The lowest BCUT2D eigenvalue weighted by Gasteiger charge is -2.17. The number of aliphatic imine (C=N–C) groups is 1. The van der Waals surface area contributed by atoms with Crippen molar-refractivity contribution in [2.24, 2.45) is 4.99 Å². The smallest absolute Gasteiger partial charge is 0.227 e. The fourth-order valence-corrected chi connectivity index (χ4v) is 4.26. The van der Waals surface area contributed by atoms with Gasteiger partial charge in [-0.2, -0.15) is 0 Å². The van der Waals surface area contributed by atoms with Crippen LogP contribution in [0.25, 0.3) is 0 Å². The van der Waals surface area contributed by atoms with Gasteiger partial charge in [0, 0.05) is 45.0 Å². The van der Waals surface area contributed by atoms with Crippen LogP contribution in [0.5, 0.6) is 0 Å². The molecule has 2 aromatic rings. The van der Waals surface area contributed by atoms with Crippen molar-refractivity contribution in [1.29, 1.82) is 0 Å². The fourth-order valence-electron chi connectivity index (χ4n) is 3.63. The molecule has 0 saturated heterocycles. The molecule has 2 aromatic carbocycles. The molecule has 0 aromatic heterocycles. The second-order valence-electron chi connectivity index (χ2n) is 7.62. The maximum atomic E-state index is 12.6. The van der Waals surface area contributed by atoms with Gasteiger partial charge in [-0.05, 0) is 48.6 Å². The maximum Gasteiger partial charge on any atom is 0.227 e. The fraction of sp³-hybridized carbons (Fsp3) is 0.391. The summed E-state index contributed by atoms with van der Waals surface area (Å²) < 4.78 is 23.0. The molecular formula is C23H30N4O3S. The number of carbonyl (C=O) groups is 1. The Morgan fingerprint density at radius 2 is 1.77 bits per heavy atom. The third kappa shape index (κ3) is 6.30. The molecule has 0 spiro atoms. The minimum Gasteiger partial charge on any atom is -0.356 e. The number of carbonyl (C=O) groups excluding carboxylic acids is 1. The Bertz CT molecular complexity index is 1030. The average Bonchev–Trinajstić information content (AvgIpc) is 3.19. The largest absolute Gasteiger partial charge is 0.356 e. The summed E-state index contributed by atoms with van der Waals surface area (Å²) in [6.45, 7) is 2.09. The van der Waals surface area contributed by atoms with E-state index in [-0.39, 0.29) is 5.91 Å². The number of benzene rings is 2. The predicted molar refractivity (Wildman–Crippen MR) is 124 cm³/mol. The van der Waals surface area contributed by atoms with Crippen LogP contribution in [0.1, 0.15) is 24.0 Å². The van der Waals surface area contributed by atoms with Crippen LogP contribution in [0, 0.1) is 0 Å². The summed E-state index contributed by atoms with van der Waals surface area (Å²) in [7, 11) is -1.46. The summed E-state index contributed by atoms with van der Waals surface area (Å²) in [5.41, 5.74) is 3.33. The van der Waals surface area contributed by atoms with Crippen LogP contribution in [0.4, 0.5) is 5.69 Å². The van der Waals surface area contributed by atoms with E-state index in [2.05, 4.69) is 21.7 Å². The first-order valence-electron chi connectivity index (χ1n) is 10.5. The van der Waals surface area contributed by atoms with Gasteiger partial charge in [0.15, 0.2) is 15.8 Å². The molecule has 2 N–H and O–H groups in total. The summed E-state index contributed by atoms with van der Waals surface area (Å²) in [6.07, 6.45) is 4.10. The third-order valence-corrected chi connectivity index (χ3v) is 6.46. The van der Waals surface area contributed by atoms with Crippen LogP contribution in [-0.2, 0) is 27.5 Å². The van der Waals surface area contributed by atoms with Gasteiger partial charge in [-0.25, -0.2) is 8.42 Å². The zero-order valence-corrected chi connectivity index (χ0v) is 18.9. The molecule has 8 heteroatoms. The van der Waals surface area contributed by atoms with E-state index >= 15 is 0 Å². The summed E-state index contributed by atoms with van der Waals surface area (Å²) in [5, 5.41) is 6.48. The van der Waals surface area contributed by atoms with Crippen molar-refractivity contribution in [2.75, 3.05) is 37.8 Å². The normalized spacial score (nSPS) is 13.7. The molecule has 1 aliphatic rings. The van der Waals surface area contributed by atoms with Gasteiger partial charge in [0.05, 0.1) is 4.90 Å². The van der Waals surface area contributed by atoms with E-state index in [1.807, 2.05) is 35.2 Å². The summed E-state index contributed by atoms with van der Waals surface area (Å²) in [5.74, 6) is 0.846. The number of anilines is 1. The highest BCUT2D eigenvalue weighted by Crippen LogP contribution is 2.27. The lowest BCUT2D eigenvalue weighted by atomic mass is 10.1. The quantitative estimate of drug-likeness (QED) is 0.371. The molecule has 0 radical (unpaired) electrons. The lowest BCUT2D eigenvalue weighted by molar-refractivity contribution is -0.118. The average molecular weight is 443 g/mol. The number of para-hydroxylation sites is 1. The van der Waals surface area contributed by atoms with Crippen LogP contribution in [0.2, 0.25) is 0 Å². The van der Waals surface area contributed by atoms with Crippen LogP contribution in [0.15, 0.2) is 58.4 Å². The Balaban J connectivity index is 1.36. The first kappa shape index (κ1) is 22.8. The Kier molecular flexibility index (Phi) is 7.68. The zero-order valence-electron chi connectivity index (χ0n) is 18.1. The number of sulfone groups is 1. The second kappa shape index (κ2) is 10.4. The molecule has 3 rings (SSSR count). The van der Waals surface area contributed by atoms with E-state index in [1.165, 1.54) is 11.8 Å². The van der Waals surface area contributed by atoms with E-state index in [0.717, 1.165) is 37.1 Å². The molecule has 166 valence electrons. The van der Waals surface area contributed by atoms with E-state index in [1.54, 1.807) is 19.2 Å². The Labute approximate surface area is 184 Å². The molecule has 0 fully saturated rings. The van der Waals surface area contributed by atoms with Crippen molar-refractivity contribution in [3.05, 3.63) is 59.7 Å². The van der Waals surface area contributed by atoms with Crippen LogP contribution < -0.4 is 15.5 Å². The van der Waals surface area contributed by atoms with Gasteiger partial charge in [0.1, 0.15) is 0 Å². The molecule has 1 heterocycles. The van der Waals surface area contributed by atoms with Crippen LogP contribution in [0.3, 0.4) is 0 Å². The SMILES string of the molecule is CN=C(NCCCC(=O)N1CCc2ccccc21)NCCc1ccc(S(C)(=O)=O)cc1. The highest BCUT2D eigenvalue weighted by Gasteiger charge is 2.23. The molecule has 31 heavy (non-hydrogen) atoms. The van der Waals surface area contributed by atoms with Gasteiger partial charge < -0.3 is 15.5 Å². The zero-order chi connectivity index (χ0) is 22.3. The van der Waals surface area contributed by atoms with Crippen molar-refractivity contribution < 1.29 is 13.2 Å². The molecule has 7 nitrogen and oxygen atoms in total. The monoisotopic (exact) mass is 442 g/mol. The molecular weight excluding hydrogens is 412 g/mol. The number of nitrogens with zero attached hydrogens (tertiary/aromatic N) is 2. The minimum atomic E-state index is -3.17. The summed E-state index contributed by atoms with van der Waals surface area (Å²) in [6, 6.07) is 15.0. The number of guanidine groups is 1. The molecule has 0 aliphatic carbocycles. The van der Waals surface area contributed by atoms with Crippen molar-refractivity contribution in [3.63, 3.8) is 0 Å². The first-order valence-corrected chi connectivity index (χ1v) is 12.4. The Morgan fingerprint density at radius 3 is 2.48 bits per heavy atom. The summed E-state index contributed by atoms with van der Waals surface area (Å²) >= 11 is 0. The first-order chi connectivity index (χ1) is 14.9. The lowest BCUT2D eigenvalue weighted by Crippen LogP contribution is -2.39. The van der Waals surface area contributed by atoms with Gasteiger partial charge in [0.2, 0.25) is 5.91 Å². The molecule has 0 bridgehead atoms. The van der Waals surface area contributed by atoms with Crippen LogP contribution in [-0.4, -0.2) is 53.2 Å². The summed E-state index contributed by atoms with van der Waals surface area (Å²) in [4.78, 5) is 19.0. The molecule has 0 unspecified atom stereocenters. The van der Waals surface area contributed by atoms with Crippen LogP contribution >= 0.6 is 0 Å². The van der Waals surface area contributed by atoms with Gasteiger partial charge in [-0.15, -0.1) is 0 Å². The number of nitrogens with one attached hydrogen (secondary N) is 2. The molecule has 0 atom stereocenters. The van der Waals surface area contributed by atoms with E-state index < -0.39 is 9.84 Å². The van der Waals surface area contributed by atoms with Crippen molar-refractivity contribution in [1.82, 2.24) is 10.6 Å². The molecule has 1 amide bonds.